The van der Waals surface area contributed by atoms with E-state index in [1.165, 1.54) is 12.1 Å². The molecule has 1 aliphatic heterocycles. The van der Waals surface area contributed by atoms with Crippen molar-refractivity contribution in [3.8, 4) is 17.1 Å². The smallest absolute Gasteiger partial charge is 0.255 e. The van der Waals surface area contributed by atoms with E-state index in [1.54, 1.807) is 19.2 Å². The van der Waals surface area contributed by atoms with E-state index in [0.29, 0.717) is 33.6 Å². The Hall–Kier alpha value is -3.35. The summed E-state index contributed by atoms with van der Waals surface area (Å²) in [5, 5.41) is 3.31. The fourth-order valence-electron chi connectivity index (χ4n) is 4.83. The summed E-state index contributed by atoms with van der Waals surface area (Å²) in [6, 6.07) is 9.55. The second-order valence-electron chi connectivity index (χ2n) is 9.41. The van der Waals surface area contributed by atoms with Crippen LogP contribution >= 0.6 is 0 Å². The van der Waals surface area contributed by atoms with Crippen LogP contribution in [-0.4, -0.2) is 36.4 Å². The molecule has 3 aromatic rings. The van der Waals surface area contributed by atoms with E-state index in [0.717, 1.165) is 37.8 Å². The summed E-state index contributed by atoms with van der Waals surface area (Å²) in [5.41, 5.74) is 2.42. The van der Waals surface area contributed by atoms with Crippen molar-refractivity contribution in [3.63, 3.8) is 0 Å². The van der Waals surface area contributed by atoms with Gasteiger partial charge in [-0.15, -0.1) is 0 Å². The molecule has 6 nitrogen and oxygen atoms in total. The molecule has 1 atom stereocenters. The SMILES string of the molecule is CNC(=O)c1c(-c2ccc(F)cc2)oc2cc(C3CCCN3C(=O)C3CC3)c(OC(C)C)cc12. The normalized spacial score (nSPS) is 18.0. The molecule has 5 rings (SSSR count). The number of benzene rings is 2. The molecule has 1 N–H and O–H groups in total. The molecule has 1 saturated heterocycles. The summed E-state index contributed by atoms with van der Waals surface area (Å²) in [5.74, 6) is 0.729. The van der Waals surface area contributed by atoms with Crippen LogP contribution in [0.5, 0.6) is 5.75 Å². The van der Waals surface area contributed by atoms with Crippen molar-refractivity contribution in [1.29, 1.82) is 0 Å². The molecule has 2 aliphatic rings. The van der Waals surface area contributed by atoms with E-state index in [4.69, 9.17) is 9.15 Å². The number of carbonyl (C=O) groups is 2. The highest BCUT2D eigenvalue weighted by atomic mass is 19.1. The number of likely N-dealkylation sites (tertiary alicyclic amines) is 1. The number of ether oxygens (including phenoxy) is 1. The number of hydrogen-bond donors (Lipinski definition) is 1. The van der Waals surface area contributed by atoms with Gasteiger partial charge in [-0.3, -0.25) is 9.59 Å². The Balaban J connectivity index is 1.68. The van der Waals surface area contributed by atoms with Crippen LogP contribution in [0.3, 0.4) is 0 Å². The van der Waals surface area contributed by atoms with Crippen LogP contribution in [0.15, 0.2) is 40.8 Å². The first kappa shape index (κ1) is 22.4. The minimum Gasteiger partial charge on any atom is -0.491 e. The number of amides is 2. The number of furan rings is 1. The third kappa shape index (κ3) is 4.04. The van der Waals surface area contributed by atoms with Gasteiger partial charge in [0.05, 0.1) is 17.7 Å². The first-order valence-corrected chi connectivity index (χ1v) is 11.9. The van der Waals surface area contributed by atoms with Crippen molar-refractivity contribution in [2.24, 2.45) is 5.92 Å². The first-order valence-electron chi connectivity index (χ1n) is 11.9. The molecular formula is C27H29FN2O4. The van der Waals surface area contributed by atoms with E-state index in [9.17, 15) is 14.0 Å². The second kappa shape index (κ2) is 8.78. The summed E-state index contributed by atoms with van der Waals surface area (Å²) in [6.07, 6.45) is 3.63. The maximum atomic E-state index is 13.5. The Bertz CT molecular complexity index is 1240. The highest BCUT2D eigenvalue weighted by molar-refractivity contribution is 6.11. The van der Waals surface area contributed by atoms with Crippen molar-refractivity contribution >= 4 is 22.8 Å². The lowest BCUT2D eigenvalue weighted by Gasteiger charge is -2.27. The molecule has 2 amide bonds. The fraction of sp³-hybridized carbons (Fsp3) is 0.407. The van der Waals surface area contributed by atoms with Crippen LogP contribution in [0.4, 0.5) is 4.39 Å². The zero-order chi connectivity index (χ0) is 24.0. The van der Waals surface area contributed by atoms with Gasteiger partial charge in [-0.05, 0) is 75.9 Å². The highest BCUT2D eigenvalue weighted by Crippen LogP contribution is 2.45. The standard InChI is InChI=1S/C27H29FN2O4/c1-15(2)33-22-14-20-23(13-19(22)21-5-4-12-30(21)27(32)17-6-7-17)34-25(24(20)26(31)29-3)16-8-10-18(28)11-9-16/h8-11,13-15,17,21H,4-7,12H2,1-3H3,(H,29,31). The quantitative estimate of drug-likeness (QED) is 0.526. The lowest BCUT2D eigenvalue weighted by molar-refractivity contribution is -0.133. The number of hydrogen-bond acceptors (Lipinski definition) is 4. The number of carbonyl (C=O) groups excluding carboxylic acids is 2. The predicted molar refractivity (Wildman–Crippen MR) is 127 cm³/mol. The summed E-state index contributed by atoms with van der Waals surface area (Å²) in [7, 11) is 1.56. The summed E-state index contributed by atoms with van der Waals surface area (Å²) >= 11 is 0. The minimum atomic E-state index is -0.363. The van der Waals surface area contributed by atoms with E-state index in [-0.39, 0.29) is 35.7 Å². The van der Waals surface area contributed by atoms with Crippen molar-refractivity contribution in [2.45, 2.75) is 51.7 Å². The highest BCUT2D eigenvalue weighted by Gasteiger charge is 2.40. The zero-order valence-corrected chi connectivity index (χ0v) is 19.7. The molecular weight excluding hydrogens is 435 g/mol. The van der Waals surface area contributed by atoms with Crippen molar-refractivity contribution in [1.82, 2.24) is 10.2 Å². The topological polar surface area (TPSA) is 71.8 Å². The molecule has 0 bridgehead atoms. The van der Waals surface area contributed by atoms with Gasteiger partial charge in [-0.25, -0.2) is 4.39 Å². The molecule has 2 fully saturated rings. The maximum Gasteiger partial charge on any atom is 0.255 e. The van der Waals surface area contributed by atoms with Crippen LogP contribution in [0.1, 0.15) is 61.5 Å². The summed E-state index contributed by atoms with van der Waals surface area (Å²) < 4.78 is 26.0. The Morgan fingerprint density at radius 1 is 1.15 bits per heavy atom. The van der Waals surface area contributed by atoms with Gasteiger partial charge >= 0.3 is 0 Å². The fourth-order valence-corrected chi connectivity index (χ4v) is 4.83. The Morgan fingerprint density at radius 2 is 1.88 bits per heavy atom. The molecule has 0 spiro atoms. The Labute approximate surface area is 198 Å². The van der Waals surface area contributed by atoms with Crippen LogP contribution in [-0.2, 0) is 4.79 Å². The van der Waals surface area contributed by atoms with Gasteiger partial charge in [0.2, 0.25) is 5.91 Å². The van der Waals surface area contributed by atoms with Crippen LogP contribution in [0, 0.1) is 11.7 Å². The molecule has 2 aromatic carbocycles. The lowest BCUT2D eigenvalue weighted by atomic mass is 9.98. The maximum absolute atomic E-state index is 13.5. The van der Waals surface area contributed by atoms with Gasteiger partial charge in [-0.1, -0.05) is 0 Å². The Morgan fingerprint density at radius 3 is 2.53 bits per heavy atom. The van der Waals surface area contributed by atoms with E-state index >= 15 is 0 Å². The summed E-state index contributed by atoms with van der Waals surface area (Å²) in [6.45, 7) is 4.64. The number of fused-ring (bicyclic) bond motifs is 1. The van der Waals surface area contributed by atoms with E-state index in [1.807, 2.05) is 30.9 Å². The average molecular weight is 465 g/mol. The van der Waals surface area contributed by atoms with Gasteiger partial charge in [0, 0.05) is 36.0 Å². The molecule has 0 radical (unpaired) electrons. The number of nitrogens with zero attached hydrogens (tertiary/aromatic N) is 1. The van der Waals surface area contributed by atoms with Crippen molar-refractivity contribution < 1.29 is 23.1 Å². The second-order valence-corrected chi connectivity index (χ2v) is 9.41. The lowest BCUT2D eigenvalue weighted by Crippen LogP contribution is -2.32. The molecule has 1 aromatic heterocycles. The zero-order valence-electron chi connectivity index (χ0n) is 19.7. The van der Waals surface area contributed by atoms with Crippen molar-refractivity contribution in [2.75, 3.05) is 13.6 Å². The number of rotatable bonds is 6. The third-order valence-corrected chi connectivity index (χ3v) is 6.57. The first-order chi connectivity index (χ1) is 16.4. The number of halogens is 1. The summed E-state index contributed by atoms with van der Waals surface area (Å²) in [4.78, 5) is 27.9. The molecule has 2 heterocycles. The monoisotopic (exact) mass is 464 g/mol. The largest absolute Gasteiger partial charge is 0.491 e. The van der Waals surface area contributed by atoms with Crippen LogP contribution in [0.2, 0.25) is 0 Å². The predicted octanol–water partition coefficient (Wildman–Crippen LogP) is 5.46. The average Bonchev–Trinajstić information content (AvgIpc) is 3.44. The molecule has 1 saturated carbocycles. The van der Waals surface area contributed by atoms with Gasteiger partial charge in [0.25, 0.3) is 5.91 Å². The van der Waals surface area contributed by atoms with Crippen molar-refractivity contribution in [3.05, 3.63) is 53.3 Å². The third-order valence-electron chi connectivity index (χ3n) is 6.57. The van der Waals surface area contributed by atoms with Gasteiger partial charge in [0.15, 0.2) is 0 Å². The van der Waals surface area contributed by atoms with Gasteiger partial charge in [-0.2, -0.15) is 0 Å². The van der Waals surface area contributed by atoms with Gasteiger partial charge in [0.1, 0.15) is 22.9 Å². The van der Waals surface area contributed by atoms with Crippen LogP contribution in [0.25, 0.3) is 22.3 Å². The molecule has 7 heteroatoms. The van der Waals surface area contributed by atoms with E-state index < -0.39 is 0 Å². The van der Waals surface area contributed by atoms with Crippen LogP contribution < -0.4 is 10.1 Å². The van der Waals surface area contributed by atoms with Gasteiger partial charge < -0.3 is 19.4 Å². The Kier molecular flexibility index (Phi) is 5.80. The molecule has 34 heavy (non-hydrogen) atoms. The molecule has 1 aliphatic carbocycles. The molecule has 1 unspecified atom stereocenters. The van der Waals surface area contributed by atoms with E-state index in [2.05, 4.69) is 5.32 Å². The number of nitrogens with one attached hydrogen (secondary N) is 1. The minimum absolute atomic E-state index is 0.0860. The molecule has 178 valence electrons.